The first kappa shape index (κ1) is 15.7. The van der Waals surface area contributed by atoms with E-state index in [9.17, 15) is 0 Å². The van der Waals surface area contributed by atoms with Crippen LogP contribution in [-0.2, 0) is 0 Å². The third kappa shape index (κ3) is 2.45. The van der Waals surface area contributed by atoms with Crippen molar-refractivity contribution in [3.8, 4) is 11.1 Å². The van der Waals surface area contributed by atoms with Crippen LogP contribution in [0.1, 0.15) is 0 Å². The quantitative estimate of drug-likeness (QED) is 0.340. The minimum Gasteiger partial charge on any atom is -0.399 e. The number of nitrogens with two attached hydrogens (primary N) is 2. The Morgan fingerprint density at radius 2 is 1.46 bits per heavy atom. The van der Waals surface area contributed by atoms with E-state index in [0.717, 1.165) is 16.9 Å². The summed E-state index contributed by atoms with van der Waals surface area (Å²) in [6.45, 7) is 0. The van der Waals surface area contributed by atoms with E-state index in [-0.39, 0.29) is 0 Å². The second-order valence-corrected chi connectivity index (χ2v) is 8.43. The molecule has 4 aromatic rings. The Kier molecular flexibility index (Phi) is 3.62. The summed E-state index contributed by atoms with van der Waals surface area (Å²) in [5.74, 6) is 0. The number of hydrogen-bond acceptors (Lipinski definition) is 4. The van der Waals surface area contributed by atoms with E-state index >= 15 is 0 Å². The van der Waals surface area contributed by atoms with Gasteiger partial charge in [-0.3, -0.25) is 0 Å². The lowest BCUT2D eigenvalue weighted by Crippen LogP contribution is -1.98. The highest BCUT2D eigenvalue weighted by Gasteiger charge is 2.23. The largest absolute Gasteiger partial charge is 0.399 e. The molecule has 126 valence electrons. The van der Waals surface area contributed by atoms with Gasteiger partial charge in [0.2, 0.25) is 0 Å². The van der Waals surface area contributed by atoms with Crippen LogP contribution in [0.5, 0.6) is 0 Å². The molecule has 0 amide bonds. The smallest absolute Gasteiger partial charge is 0.0406 e. The number of hydrogen-bond donors (Lipinski definition) is 2. The van der Waals surface area contributed by atoms with Gasteiger partial charge in [-0.2, -0.15) is 0 Å². The third-order valence-electron chi connectivity index (χ3n) is 4.61. The first-order valence-corrected chi connectivity index (χ1v) is 10.00. The van der Waals surface area contributed by atoms with Crippen LogP contribution >= 0.6 is 23.5 Å². The van der Waals surface area contributed by atoms with Crippen molar-refractivity contribution in [2.45, 2.75) is 19.6 Å². The first-order valence-electron chi connectivity index (χ1n) is 8.36. The van der Waals surface area contributed by atoms with Crippen molar-refractivity contribution in [2.24, 2.45) is 0 Å². The van der Waals surface area contributed by atoms with Crippen molar-refractivity contribution in [3.63, 3.8) is 0 Å². The Labute approximate surface area is 160 Å². The van der Waals surface area contributed by atoms with Gasteiger partial charge in [-0.05, 0) is 46.7 Å². The fraction of sp³-hybridized carbons (Fsp3) is 0. The van der Waals surface area contributed by atoms with Gasteiger partial charge >= 0.3 is 0 Å². The third-order valence-corrected chi connectivity index (χ3v) is 7.19. The monoisotopic (exact) mass is 372 g/mol. The maximum atomic E-state index is 6.47. The molecule has 5 rings (SSSR count). The predicted octanol–water partition coefficient (Wildman–Crippen LogP) is 6.29. The summed E-state index contributed by atoms with van der Waals surface area (Å²) in [6, 6.07) is 25.1. The molecule has 2 nitrogen and oxygen atoms in total. The number of rotatable bonds is 1. The van der Waals surface area contributed by atoms with E-state index in [0.29, 0.717) is 0 Å². The van der Waals surface area contributed by atoms with Crippen LogP contribution < -0.4 is 11.5 Å². The SMILES string of the molecule is Nc1ccc2c(c1)Sc1ccc(N)c(-c3cccc4ccccc34)c1S2. The molecule has 4 aromatic carbocycles. The zero-order valence-electron chi connectivity index (χ0n) is 13.9. The van der Waals surface area contributed by atoms with Crippen LogP contribution in [0.2, 0.25) is 0 Å². The molecule has 0 saturated heterocycles. The average Bonchev–Trinajstić information content (AvgIpc) is 2.66. The minimum atomic E-state index is 0.796. The fourth-order valence-electron chi connectivity index (χ4n) is 3.40. The molecule has 0 unspecified atom stereocenters. The maximum Gasteiger partial charge on any atom is 0.0406 e. The summed E-state index contributed by atoms with van der Waals surface area (Å²) in [6.07, 6.45) is 0. The van der Waals surface area contributed by atoms with E-state index in [4.69, 9.17) is 11.5 Å². The molecule has 4 heteroatoms. The topological polar surface area (TPSA) is 52.0 Å². The lowest BCUT2D eigenvalue weighted by Gasteiger charge is -2.23. The zero-order valence-corrected chi connectivity index (χ0v) is 15.5. The summed E-state index contributed by atoms with van der Waals surface area (Å²) in [5, 5.41) is 2.45. The Hall–Kier alpha value is -2.56. The molecule has 0 aliphatic carbocycles. The molecule has 1 aliphatic heterocycles. The maximum absolute atomic E-state index is 6.47. The second kappa shape index (κ2) is 6.01. The van der Waals surface area contributed by atoms with Gasteiger partial charge < -0.3 is 11.5 Å². The molecule has 0 bridgehead atoms. The number of anilines is 2. The van der Waals surface area contributed by atoms with Gasteiger partial charge in [0, 0.05) is 36.5 Å². The van der Waals surface area contributed by atoms with E-state index in [2.05, 4.69) is 54.6 Å². The van der Waals surface area contributed by atoms with E-state index in [1.165, 1.54) is 35.9 Å². The van der Waals surface area contributed by atoms with Crippen molar-refractivity contribution in [3.05, 3.63) is 72.8 Å². The van der Waals surface area contributed by atoms with Crippen molar-refractivity contribution >= 4 is 45.7 Å². The molecule has 26 heavy (non-hydrogen) atoms. The average molecular weight is 373 g/mol. The van der Waals surface area contributed by atoms with E-state index in [1.807, 2.05) is 18.2 Å². The minimum absolute atomic E-state index is 0.796. The molecule has 0 saturated carbocycles. The standard InChI is InChI=1S/C22H16N2S2/c23-14-8-10-18-20(12-14)25-19-11-9-17(24)21(22(19)26-18)16-7-3-5-13-4-1-2-6-15(13)16/h1-12H,23-24H2. The van der Waals surface area contributed by atoms with Gasteiger partial charge in [0.25, 0.3) is 0 Å². The van der Waals surface area contributed by atoms with Gasteiger partial charge in [0.15, 0.2) is 0 Å². The summed E-state index contributed by atoms with van der Waals surface area (Å²) >= 11 is 3.54. The number of benzene rings is 4. The molecule has 1 heterocycles. The second-order valence-electron chi connectivity index (χ2n) is 6.29. The van der Waals surface area contributed by atoms with Crippen molar-refractivity contribution in [1.82, 2.24) is 0 Å². The van der Waals surface area contributed by atoms with Gasteiger partial charge in [0.05, 0.1) is 0 Å². The van der Waals surface area contributed by atoms with Gasteiger partial charge in [-0.25, -0.2) is 0 Å². The van der Waals surface area contributed by atoms with Crippen LogP contribution in [0.15, 0.2) is 92.4 Å². The summed E-state index contributed by atoms with van der Waals surface area (Å²) < 4.78 is 0. The van der Waals surface area contributed by atoms with Crippen LogP contribution in [0.4, 0.5) is 11.4 Å². The predicted molar refractivity (Wildman–Crippen MR) is 113 cm³/mol. The van der Waals surface area contributed by atoms with E-state index < -0.39 is 0 Å². The molecule has 0 fully saturated rings. The lowest BCUT2D eigenvalue weighted by atomic mass is 9.97. The highest BCUT2D eigenvalue weighted by atomic mass is 32.2. The van der Waals surface area contributed by atoms with Crippen molar-refractivity contribution < 1.29 is 0 Å². The molecule has 1 aliphatic rings. The normalized spacial score (nSPS) is 12.6. The molecular weight excluding hydrogens is 356 g/mol. The van der Waals surface area contributed by atoms with Crippen LogP contribution in [0, 0.1) is 0 Å². The molecule has 0 radical (unpaired) electrons. The molecule has 4 N–H and O–H groups in total. The van der Waals surface area contributed by atoms with Crippen molar-refractivity contribution in [1.29, 1.82) is 0 Å². The summed E-state index contributed by atoms with van der Waals surface area (Å²) in [5.41, 5.74) is 16.4. The van der Waals surface area contributed by atoms with Gasteiger partial charge in [0.1, 0.15) is 0 Å². The van der Waals surface area contributed by atoms with Gasteiger partial charge in [-0.15, -0.1) is 0 Å². The number of nitrogen functional groups attached to an aromatic ring is 2. The summed E-state index contributed by atoms with van der Waals surface area (Å²) in [7, 11) is 0. The first-order chi connectivity index (χ1) is 12.7. The zero-order chi connectivity index (χ0) is 17.7. The lowest BCUT2D eigenvalue weighted by molar-refractivity contribution is 1.16. The Morgan fingerprint density at radius 3 is 2.38 bits per heavy atom. The summed E-state index contributed by atoms with van der Waals surface area (Å²) in [4.78, 5) is 4.88. The van der Waals surface area contributed by atoms with Crippen LogP contribution in [0.3, 0.4) is 0 Å². The van der Waals surface area contributed by atoms with Crippen LogP contribution in [0.25, 0.3) is 21.9 Å². The molecule has 0 atom stereocenters. The van der Waals surface area contributed by atoms with Crippen LogP contribution in [-0.4, -0.2) is 0 Å². The highest BCUT2D eigenvalue weighted by Crippen LogP contribution is 2.54. The molecule has 0 spiro atoms. The molecule has 0 aromatic heterocycles. The van der Waals surface area contributed by atoms with E-state index in [1.54, 1.807) is 23.5 Å². The Bertz CT molecular complexity index is 1160. The van der Waals surface area contributed by atoms with Crippen molar-refractivity contribution in [2.75, 3.05) is 11.5 Å². The molecular formula is C22H16N2S2. The highest BCUT2D eigenvalue weighted by molar-refractivity contribution is 8.05. The number of fused-ring (bicyclic) bond motifs is 3. The fourth-order valence-corrected chi connectivity index (χ4v) is 5.84. The Morgan fingerprint density at radius 1 is 0.654 bits per heavy atom. The van der Waals surface area contributed by atoms with Gasteiger partial charge in [-0.1, -0.05) is 66.0 Å². The Balaban J connectivity index is 1.76.